The molecule has 4 rings (SSSR count). The summed E-state index contributed by atoms with van der Waals surface area (Å²) in [4.78, 5) is 11.3. The summed E-state index contributed by atoms with van der Waals surface area (Å²) in [6.45, 7) is -0.0775. The number of benzene rings is 2. The van der Waals surface area contributed by atoms with Crippen molar-refractivity contribution in [2.24, 2.45) is 0 Å². The van der Waals surface area contributed by atoms with Gasteiger partial charge < -0.3 is 9.84 Å². The minimum atomic E-state index is -3.65. The second-order valence-corrected chi connectivity index (χ2v) is 10.4. The molecular weight excluding hydrogens is 438 g/mol. The third-order valence-corrected chi connectivity index (χ3v) is 7.83. The van der Waals surface area contributed by atoms with E-state index < -0.39 is 16.0 Å². The molecule has 0 amide bonds. The van der Waals surface area contributed by atoms with Crippen LogP contribution in [-0.4, -0.2) is 32.6 Å². The number of hydrogen-bond donors (Lipinski definition) is 2. The molecule has 0 saturated heterocycles. The maximum Gasteiger partial charge on any atom is 0.341 e. The lowest BCUT2D eigenvalue weighted by atomic mass is 9.77. The highest BCUT2D eigenvalue weighted by Crippen LogP contribution is 2.42. The number of hydrogen-bond acceptors (Lipinski definition) is 4. The van der Waals surface area contributed by atoms with Crippen molar-refractivity contribution < 1.29 is 23.1 Å². The number of ether oxygens (including phenoxy) is 1. The molecule has 0 aromatic heterocycles. The van der Waals surface area contributed by atoms with Crippen molar-refractivity contribution >= 4 is 27.6 Å². The molecule has 2 aromatic carbocycles. The van der Waals surface area contributed by atoms with Gasteiger partial charge in [0.05, 0.1) is 4.90 Å². The van der Waals surface area contributed by atoms with Crippen molar-refractivity contribution in [3.8, 4) is 5.75 Å². The van der Waals surface area contributed by atoms with Crippen LogP contribution in [0.2, 0.25) is 5.02 Å². The third kappa shape index (κ3) is 4.89. The smallest absolute Gasteiger partial charge is 0.341 e. The second-order valence-electron chi connectivity index (χ2n) is 8.20. The Morgan fingerprint density at radius 1 is 1.10 bits per heavy atom. The predicted molar refractivity (Wildman–Crippen MR) is 119 cm³/mol. The molecule has 166 valence electrons. The van der Waals surface area contributed by atoms with Crippen LogP contribution < -0.4 is 9.46 Å². The molecule has 31 heavy (non-hydrogen) atoms. The number of carboxylic acids is 1. The zero-order valence-corrected chi connectivity index (χ0v) is 18.8. The summed E-state index contributed by atoms with van der Waals surface area (Å²) >= 11 is 5.87. The standard InChI is InChI=1S/C23H26ClNO5S/c24-17-8-10-18(11-9-17)31(28,29)25-13-16-5-3-7-20-21(16)12-15-4-1-2-6-19(15)23(20)30-14-22(26)27/h8-12,16,25H,1-7,13-14H2,(H,26,27). The molecule has 2 N–H and O–H groups in total. The van der Waals surface area contributed by atoms with E-state index in [9.17, 15) is 13.2 Å². The first-order valence-electron chi connectivity index (χ1n) is 10.6. The van der Waals surface area contributed by atoms with Crippen LogP contribution in [0.5, 0.6) is 5.75 Å². The first-order chi connectivity index (χ1) is 14.8. The van der Waals surface area contributed by atoms with Gasteiger partial charge >= 0.3 is 5.97 Å². The lowest BCUT2D eigenvalue weighted by Crippen LogP contribution is -2.30. The van der Waals surface area contributed by atoms with Gasteiger partial charge in [-0.25, -0.2) is 17.9 Å². The van der Waals surface area contributed by atoms with Gasteiger partial charge in [0.1, 0.15) is 5.75 Å². The Kier molecular flexibility index (Phi) is 6.55. The molecule has 0 radical (unpaired) electrons. The van der Waals surface area contributed by atoms with E-state index >= 15 is 0 Å². The lowest BCUT2D eigenvalue weighted by molar-refractivity contribution is -0.139. The molecule has 0 heterocycles. The molecule has 0 fully saturated rings. The van der Waals surface area contributed by atoms with Crippen molar-refractivity contribution in [3.63, 3.8) is 0 Å². The summed E-state index contributed by atoms with van der Waals surface area (Å²) in [6.07, 6.45) is 6.59. The number of rotatable bonds is 7. The van der Waals surface area contributed by atoms with Gasteiger partial charge in [0, 0.05) is 11.6 Å². The van der Waals surface area contributed by atoms with Crippen molar-refractivity contribution in [1.82, 2.24) is 4.72 Å². The monoisotopic (exact) mass is 463 g/mol. The van der Waals surface area contributed by atoms with Crippen LogP contribution in [0, 0.1) is 0 Å². The third-order valence-electron chi connectivity index (χ3n) is 6.14. The quantitative estimate of drug-likeness (QED) is 0.645. The molecule has 1 unspecified atom stereocenters. The summed E-state index contributed by atoms with van der Waals surface area (Å²) in [6, 6.07) is 8.31. The average Bonchev–Trinajstić information content (AvgIpc) is 2.75. The highest BCUT2D eigenvalue weighted by molar-refractivity contribution is 7.89. The number of sulfonamides is 1. The fourth-order valence-corrected chi connectivity index (χ4v) is 5.87. The van der Waals surface area contributed by atoms with Crippen LogP contribution in [0.25, 0.3) is 0 Å². The van der Waals surface area contributed by atoms with Crippen molar-refractivity contribution in [3.05, 3.63) is 57.6 Å². The van der Waals surface area contributed by atoms with Crippen molar-refractivity contribution in [2.75, 3.05) is 13.2 Å². The molecule has 0 saturated carbocycles. The van der Waals surface area contributed by atoms with Crippen LogP contribution in [0.3, 0.4) is 0 Å². The summed E-state index contributed by atoms with van der Waals surface area (Å²) in [5.41, 5.74) is 4.47. The summed E-state index contributed by atoms with van der Waals surface area (Å²) in [5, 5.41) is 9.61. The molecule has 0 aliphatic heterocycles. The second kappa shape index (κ2) is 9.18. The van der Waals surface area contributed by atoms with E-state index in [1.54, 1.807) is 12.1 Å². The van der Waals surface area contributed by atoms with Crippen LogP contribution in [-0.2, 0) is 34.1 Å². The van der Waals surface area contributed by atoms with E-state index in [-0.39, 0.29) is 24.0 Å². The number of carbonyl (C=O) groups is 1. The Labute approximate surface area is 187 Å². The maximum atomic E-state index is 12.7. The van der Waals surface area contributed by atoms with Gasteiger partial charge in [-0.2, -0.15) is 0 Å². The molecular formula is C23H26ClNO5S. The van der Waals surface area contributed by atoms with E-state index in [0.29, 0.717) is 5.02 Å². The Hall–Kier alpha value is -2.09. The van der Waals surface area contributed by atoms with E-state index in [4.69, 9.17) is 21.4 Å². The Balaban J connectivity index is 1.62. The number of carboxylic acid groups (broad SMARTS) is 1. The molecule has 2 aromatic rings. The Morgan fingerprint density at radius 2 is 1.81 bits per heavy atom. The van der Waals surface area contributed by atoms with Gasteiger partial charge in [-0.3, -0.25) is 0 Å². The van der Waals surface area contributed by atoms with Crippen LogP contribution in [0.1, 0.15) is 53.9 Å². The van der Waals surface area contributed by atoms with Crippen LogP contribution in [0.15, 0.2) is 35.2 Å². The topological polar surface area (TPSA) is 92.7 Å². The van der Waals surface area contributed by atoms with Gasteiger partial charge in [0.2, 0.25) is 10.0 Å². The SMILES string of the molecule is O=C(O)COc1c2c(cc3c1CCCC3CNS(=O)(=O)c1ccc(Cl)cc1)CCCC2. The van der Waals surface area contributed by atoms with Crippen molar-refractivity contribution in [2.45, 2.75) is 55.8 Å². The summed E-state index contributed by atoms with van der Waals surface area (Å²) in [5.74, 6) is -0.254. The minimum absolute atomic E-state index is 0.0187. The van der Waals surface area contributed by atoms with Crippen LogP contribution >= 0.6 is 11.6 Å². The molecule has 8 heteroatoms. The maximum absolute atomic E-state index is 12.7. The minimum Gasteiger partial charge on any atom is -0.481 e. The molecule has 2 aliphatic rings. The fraction of sp³-hybridized carbons (Fsp3) is 0.435. The predicted octanol–water partition coefficient (Wildman–Crippen LogP) is 4.08. The zero-order chi connectivity index (χ0) is 22.0. The summed E-state index contributed by atoms with van der Waals surface area (Å²) < 4.78 is 34.0. The average molecular weight is 464 g/mol. The molecule has 2 aliphatic carbocycles. The molecule has 0 spiro atoms. The first-order valence-corrected chi connectivity index (χ1v) is 12.5. The van der Waals surface area contributed by atoms with Gasteiger partial charge in [-0.15, -0.1) is 0 Å². The number of halogens is 1. The molecule has 1 atom stereocenters. The normalized spacial score (nSPS) is 18.2. The van der Waals surface area contributed by atoms with Crippen molar-refractivity contribution in [1.29, 1.82) is 0 Å². The lowest BCUT2D eigenvalue weighted by Gasteiger charge is -2.31. The molecule has 0 bridgehead atoms. The number of fused-ring (bicyclic) bond motifs is 2. The number of nitrogens with one attached hydrogen (secondary N) is 1. The van der Waals surface area contributed by atoms with E-state index in [2.05, 4.69) is 10.8 Å². The van der Waals surface area contributed by atoms with E-state index in [0.717, 1.165) is 67.4 Å². The number of aryl methyl sites for hydroxylation is 1. The highest BCUT2D eigenvalue weighted by atomic mass is 35.5. The molecule has 6 nitrogen and oxygen atoms in total. The van der Waals surface area contributed by atoms with Gasteiger partial charge in [0.15, 0.2) is 6.61 Å². The van der Waals surface area contributed by atoms with E-state index in [1.807, 2.05) is 0 Å². The Morgan fingerprint density at radius 3 is 2.55 bits per heavy atom. The number of aliphatic carboxylic acids is 1. The van der Waals surface area contributed by atoms with Gasteiger partial charge in [-0.05, 0) is 97.4 Å². The first kappa shape index (κ1) is 22.1. The highest BCUT2D eigenvalue weighted by Gasteiger charge is 2.29. The Bertz CT molecular complexity index is 1080. The van der Waals surface area contributed by atoms with Gasteiger partial charge in [-0.1, -0.05) is 17.7 Å². The largest absolute Gasteiger partial charge is 0.481 e. The fourth-order valence-electron chi connectivity index (χ4n) is 4.67. The van der Waals surface area contributed by atoms with Gasteiger partial charge in [0.25, 0.3) is 0 Å². The van der Waals surface area contributed by atoms with Crippen LogP contribution in [0.4, 0.5) is 0 Å². The van der Waals surface area contributed by atoms with E-state index in [1.165, 1.54) is 17.7 Å². The zero-order valence-electron chi connectivity index (χ0n) is 17.2. The summed E-state index contributed by atoms with van der Waals surface area (Å²) in [7, 11) is -3.65.